The van der Waals surface area contributed by atoms with Gasteiger partial charge in [0.15, 0.2) is 0 Å². The van der Waals surface area contributed by atoms with Gasteiger partial charge in [-0.3, -0.25) is 4.79 Å². The van der Waals surface area contributed by atoms with Gasteiger partial charge in [0.05, 0.1) is 0 Å². The van der Waals surface area contributed by atoms with E-state index < -0.39 is 0 Å². The van der Waals surface area contributed by atoms with E-state index in [-0.39, 0.29) is 0 Å². The number of hydrogen-bond donors (Lipinski definition) is 0. The minimum Gasteiger partial charge on any atom is -0.300 e. The fraction of sp³-hybridized carbons (Fsp3) is 0.519. The van der Waals surface area contributed by atoms with E-state index in [1.165, 1.54) is 60.8 Å². The molecule has 2 aliphatic rings. The molecule has 2 aromatic carbocycles. The van der Waals surface area contributed by atoms with Crippen LogP contribution in [0.4, 0.5) is 0 Å². The van der Waals surface area contributed by atoms with Crippen molar-refractivity contribution in [1.29, 1.82) is 0 Å². The van der Waals surface area contributed by atoms with Gasteiger partial charge in [0.25, 0.3) is 0 Å². The lowest BCUT2D eigenvalue weighted by Crippen LogP contribution is -2.26. The van der Waals surface area contributed by atoms with Gasteiger partial charge in [-0.2, -0.15) is 0 Å². The van der Waals surface area contributed by atoms with E-state index in [0.717, 1.165) is 12.8 Å². The zero-order valence-electron chi connectivity index (χ0n) is 17.5. The highest BCUT2D eigenvalue weighted by Crippen LogP contribution is 2.44. The van der Waals surface area contributed by atoms with Crippen molar-refractivity contribution >= 4 is 5.78 Å². The number of ketones is 1. The monoisotopic (exact) mass is 374 g/mol. The Morgan fingerprint density at radius 1 is 0.714 bits per heavy atom. The molecule has 2 unspecified atom stereocenters. The second-order valence-corrected chi connectivity index (χ2v) is 9.36. The first-order valence-corrected chi connectivity index (χ1v) is 11.2. The van der Waals surface area contributed by atoms with Crippen molar-refractivity contribution in [3.05, 3.63) is 70.8 Å². The van der Waals surface area contributed by atoms with Gasteiger partial charge in [0, 0.05) is 12.8 Å². The van der Waals surface area contributed by atoms with Gasteiger partial charge >= 0.3 is 0 Å². The number of benzene rings is 2. The van der Waals surface area contributed by atoms with E-state index in [1.54, 1.807) is 0 Å². The van der Waals surface area contributed by atoms with Crippen LogP contribution < -0.4 is 0 Å². The third-order valence-corrected chi connectivity index (χ3v) is 7.34. The van der Waals surface area contributed by atoms with Crippen LogP contribution in [0.25, 0.3) is 0 Å². The Kier molecular flexibility index (Phi) is 5.99. The maximum absolute atomic E-state index is 13.2. The summed E-state index contributed by atoms with van der Waals surface area (Å²) in [6, 6.07) is 17.8. The molecule has 0 spiro atoms. The lowest BCUT2D eigenvalue weighted by Gasteiger charge is -2.36. The highest BCUT2D eigenvalue weighted by Gasteiger charge is 2.33. The molecule has 0 aliphatic heterocycles. The van der Waals surface area contributed by atoms with E-state index in [0.29, 0.717) is 29.5 Å². The minimum atomic E-state index is 0.418. The molecule has 1 heteroatoms. The first kappa shape index (κ1) is 19.4. The Morgan fingerprint density at radius 2 is 1.07 bits per heavy atom. The maximum Gasteiger partial charge on any atom is 0.134 e. The van der Waals surface area contributed by atoms with E-state index in [2.05, 4.69) is 62.4 Å². The fourth-order valence-corrected chi connectivity index (χ4v) is 5.00. The molecule has 1 nitrogen and oxygen atoms in total. The molecule has 0 heterocycles. The number of rotatable bonds is 8. The fourth-order valence-electron chi connectivity index (χ4n) is 5.00. The number of Topliss-reactive ketones (excluding diaryl/α,β-unsaturated/α-hetero) is 1. The van der Waals surface area contributed by atoms with Crippen LogP contribution in [0, 0.1) is 25.7 Å². The third kappa shape index (κ3) is 4.40. The zero-order valence-corrected chi connectivity index (χ0v) is 17.5. The van der Waals surface area contributed by atoms with E-state index in [9.17, 15) is 4.79 Å². The topological polar surface area (TPSA) is 17.1 Å². The molecule has 4 rings (SSSR count). The molecule has 0 aromatic heterocycles. The molecule has 2 fully saturated rings. The van der Waals surface area contributed by atoms with Crippen molar-refractivity contribution in [2.75, 3.05) is 0 Å². The van der Waals surface area contributed by atoms with Crippen molar-refractivity contribution in [1.82, 2.24) is 0 Å². The Balaban J connectivity index is 1.48. The van der Waals surface area contributed by atoms with Gasteiger partial charge in [0.2, 0.25) is 0 Å². The lowest BCUT2D eigenvalue weighted by atomic mass is 9.68. The largest absolute Gasteiger partial charge is 0.300 e. The summed E-state index contributed by atoms with van der Waals surface area (Å²) in [5, 5.41) is 0. The molecular weight excluding hydrogens is 340 g/mol. The normalized spacial score (nSPS) is 19.5. The molecule has 0 bridgehead atoms. The molecule has 0 N–H and O–H groups in total. The molecule has 0 amide bonds. The predicted molar refractivity (Wildman–Crippen MR) is 117 cm³/mol. The van der Waals surface area contributed by atoms with Crippen molar-refractivity contribution in [3.63, 3.8) is 0 Å². The number of carbonyl (C=O) groups excluding carboxylic acids is 1. The Bertz CT molecular complexity index is 711. The molecule has 2 aliphatic carbocycles. The average molecular weight is 375 g/mol. The molecule has 2 aromatic rings. The molecule has 0 saturated heterocycles. The van der Waals surface area contributed by atoms with Gasteiger partial charge < -0.3 is 0 Å². The number of aryl methyl sites for hydroxylation is 2. The quantitative estimate of drug-likeness (QED) is 0.481. The average Bonchev–Trinajstić information content (AvgIpc) is 2.59. The standard InChI is InChI=1S/C27H34O/c1-19-9-13-23(14-10-19)26(21-5-3-6-21)17-25(28)18-27(22-7-4-8-22)24-15-11-20(2)12-16-24/h9-16,21-22,26-27H,3-8,17-18H2,1-2H3. The molecule has 2 saturated carbocycles. The van der Waals surface area contributed by atoms with Crippen LogP contribution >= 0.6 is 0 Å². The number of carbonyl (C=O) groups is 1. The first-order chi connectivity index (χ1) is 13.6. The highest BCUT2D eigenvalue weighted by molar-refractivity contribution is 5.80. The maximum atomic E-state index is 13.2. The summed E-state index contributed by atoms with van der Waals surface area (Å²) < 4.78 is 0. The minimum absolute atomic E-state index is 0.418. The highest BCUT2D eigenvalue weighted by atomic mass is 16.1. The number of hydrogen-bond acceptors (Lipinski definition) is 1. The van der Waals surface area contributed by atoms with Crippen LogP contribution in [-0.4, -0.2) is 5.78 Å². The summed E-state index contributed by atoms with van der Waals surface area (Å²) in [4.78, 5) is 13.2. The Hall–Kier alpha value is -1.89. The van der Waals surface area contributed by atoms with Gasteiger partial charge in [-0.25, -0.2) is 0 Å². The van der Waals surface area contributed by atoms with E-state index >= 15 is 0 Å². The smallest absolute Gasteiger partial charge is 0.134 e. The molecule has 2 atom stereocenters. The van der Waals surface area contributed by atoms with Crippen LogP contribution in [0.15, 0.2) is 48.5 Å². The van der Waals surface area contributed by atoms with Gasteiger partial charge in [-0.1, -0.05) is 72.5 Å². The van der Waals surface area contributed by atoms with Crippen molar-refractivity contribution in [2.45, 2.75) is 77.0 Å². The summed E-state index contributed by atoms with van der Waals surface area (Å²) in [7, 11) is 0. The van der Waals surface area contributed by atoms with Crippen molar-refractivity contribution < 1.29 is 4.79 Å². The van der Waals surface area contributed by atoms with Crippen LogP contribution in [0.1, 0.15) is 85.5 Å². The Morgan fingerprint density at radius 3 is 1.36 bits per heavy atom. The molecular formula is C27H34O. The van der Waals surface area contributed by atoms with E-state index in [4.69, 9.17) is 0 Å². The summed E-state index contributed by atoms with van der Waals surface area (Å²) in [6.45, 7) is 4.27. The van der Waals surface area contributed by atoms with Crippen LogP contribution in [0.3, 0.4) is 0 Å². The second-order valence-electron chi connectivity index (χ2n) is 9.36. The van der Waals surface area contributed by atoms with Crippen molar-refractivity contribution in [2.24, 2.45) is 11.8 Å². The van der Waals surface area contributed by atoms with Gasteiger partial charge in [0.1, 0.15) is 5.78 Å². The first-order valence-electron chi connectivity index (χ1n) is 11.2. The van der Waals surface area contributed by atoms with Crippen molar-refractivity contribution in [3.8, 4) is 0 Å². The van der Waals surface area contributed by atoms with Gasteiger partial charge in [-0.05, 0) is 74.3 Å². The van der Waals surface area contributed by atoms with Gasteiger partial charge in [-0.15, -0.1) is 0 Å². The third-order valence-electron chi connectivity index (χ3n) is 7.34. The summed E-state index contributed by atoms with van der Waals surface area (Å²) in [5.74, 6) is 2.71. The molecule has 0 radical (unpaired) electrons. The van der Waals surface area contributed by atoms with E-state index in [1.807, 2.05) is 0 Å². The summed E-state index contributed by atoms with van der Waals surface area (Å²) in [5.41, 5.74) is 5.34. The Labute approximate surface area is 170 Å². The van der Waals surface area contributed by atoms with Crippen LogP contribution in [0.2, 0.25) is 0 Å². The molecule has 28 heavy (non-hydrogen) atoms. The van der Waals surface area contributed by atoms with Crippen LogP contribution in [-0.2, 0) is 4.79 Å². The second kappa shape index (κ2) is 8.64. The summed E-state index contributed by atoms with van der Waals surface area (Å²) in [6.07, 6.45) is 9.26. The van der Waals surface area contributed by atoms with Crippen LogP contribution in [0.5, 0.6) is 0 Å². The predicted octanol–water partition coefficient (Wildman–Crippen LogP) is 7.12. The lowest BCUT2D eigenvalue weighted by molar-refractivity contribution is -0.120. The SMILES string of the molecule is Cc1ccc(C(CC(=O)CC(c2ccc(C)cc2)C2CCC2)C2CCC2)cc1. The zero-order chi connectivity index (χ0) is 19.5. The molecule has 148 valence electrons. The summed E-state index contributed by atoms with van der Waals surface area (Å²) >= 11 is 0.